The van der Waals surface area contributed by atoms with Crippen molar-refractivity contribution in [1.29, 1.82) is 0 Å². The Labute approximate surface area is 82.2 Å². The average Bonchev–Trinajstić information content (AvgIpc) is 2.66. The van der Waals surface area contributed by atoms with E-state index in [1.165, 1.54) is 0 Å². The molecule has 0 bridgehead atoms. The Morgan fingerprint density at radius 1 is 1.71 bits per heavy atom. The molecule has 0 aliphatic carbocycles. The number of imidazole rings is 1. The number of aliphatic carboxylic acids is 1. The van der Waals surface area contributed by atoms with E-state index in [1.54, 1.807) is 42.4 Å². The van der Waals surface area contributed by atoms with Crippen LogP contribution < -0.4 is 0 Å². The summed E-state index contributed by atoms with van der Waals surface area (Å²) in [7, 11) is 0. The van der Waals surface area contributed by atoms with E-state index in [4.69, 9.17) is 5.11 Å². The van der Waals surface area contributed by atoms with Crippen LogP contribution in [0.3, 0.4) is 0 Å². The number of rotatable bonds is 4. The minimum atomic E-state index is -0.919. The minimum absolute atomic E-state index is 0.159. The molecule has 4 heteroatoms. The Kier molecular flexibility index (Phi) is 3.23. The maximum absolute atomic E-state index is 10.6. The molecule has 1 rings (SSSR count). The van der Waals surface area contributed by atoms with Gasteiger partial charge < -0.3 is 9.67 Å². The Hall–Kier alpha value is -1.84. The van der Waals surface area contributed by atoms with E-state index in [9.17, 15) is 4.79 Å². The molecule has 1 N–H and O–H groups in total. The average molecular weight is 192 g/mol. The van der Waals surface area contributed by atoms with Crippen molar-refractivity contribution in [2.24, 2.45) is 0 Å². The molecule has 0 aliphatic rings. The van der Waals surface area contributed by atoms with Gasteiger partial charge in [-0.3, -0.25) is 0 Å². The smallest absolute Gasteiger partial charge is 0.331 e. The van der Waals surface area contributed by atoms with Gasteiger partial charge in [-0.15, -0.1) is 6.58 Å². The molecule has 14 heavy (non-hydrogen) atoms. The summed E-state index contributed by atoms with van der Waals surface area (Å²) in [5, 5.41) is 8.70. The fourth-order valence-electron chi connectivity index (χ4n) is 1.05. The number of carboxylic acid groups (broad SMARTS) is 1. The molecule has 1 aromatic rings. The van der Waals surface area contributed by atoms with Gasteiger partial charge in [0.05, 0.1) is 12.4 Å². The summed E-state index contributed by atoms with van der Waals surface area (Å²) in [6.45, 7) is 5.19. The zero-order valence-corrected chi connectivity index (χ0v) is 7.92. The first-order chi connectivity index (χ1) is 6.65. The summed E-state index contributed by atoms with van der Waals surface area (Å²) in [5.41, 5.74) is 0.295. The van der Waals surface area contributed by atoms with E-state index < -0.39 is 5.97 Å². The van der Waals surface area contributed by atoms with Gasteiger partial charge in [0.25, 0.3) is 0 Å². The molecular weight excluding hydrogens is 180 g/mol. The summed E-state index contributed by atoms with van der Waals surface area (Å²) in [5.74, 6) is -0.919. The summed E-state index contributed by atoms with van der Waals surface area (Å²) in [6, 6.07) is -0.159. The topological polar surface area (TPSA) is 55.1 Å². The number of carboxylic acids is 1. The number of aromatic nitrogens is 2. The van der Waals surface area contributed by atoms with Gasteiger partial charge in [0, 0.05) is 18.0 Å². The van der Waals surface area contributed by atoms with Gasteiger partial charge >= 0.3 is 5.97 Å². The van der Waals surface area contributed by atoms with Crippen LogP contribution in [0.5, 0.6) is 0 Å². The van der Waals surface area contributed by atoms with Crippen molar-refractivity contribution in [2.75, 3.05) is 0 Å². The standard InChI is InChI=1S/C10H12N2O2/c1-3-9(6-8(2)10(13)14)12-5-4-11-7-12/h3-7,9H,1H2,2H3,(H,13,14). The zero-order chi connectivity index (χ0) is 10.6. The normalized spacial score (nSPS) is 13.6. The number of nitrogens with zero attached hydrogens (tertiary/aromatic N) is 2. The molecule has 0 aliphatic heterocycles. The van der Waals surface area contributed by atoms with Gasteiger partial charge in [0.2, 0.25) is 0 Å². The number of hydrogen-bond acceptors (Lipinski definition) is 2. The van der Waals surface area contributed by atoms with Crippen molar-refractivity contribution in [3.8, 4) is 0 Å². The summed E-state index contributed by atoms with van der Waals surface area (Å²) in [6.07, 6.45) is 8.31. The third-order valence-electron chi connectivity index (χ3n) is 1.87. The highest BCUT2D eigenvalue weighted by molar-refractivity contribution is 5.85. The Morgan fingerprint density at radius 3 is 2.86 bits per heavy atom. The molecule has 1 aromatic heterocycles. The van der Waals surface area contributed by atoms with Gasteiger partial charge in [0.1, 0.15) is 0 Å². The van der Waals surface area contributed by atoms with Crippen molar-refractivity contribution >= 4 is 5.97 Å². The van der Waals surface area contributed by atoms with Crippen LogP contribution in [0, 0.1) is 0 Å². The summed E-state index contributed by atoms with van der Waals surface area (Å²) in [4.78, 5) is 14.5. The van der Waals surface area contributed by atoms with Crippen molar-refractivity contribution in [2.45, 2.75) is 13.0 Å². The van der Waals surface area contributed by atoms with Gasteiger partial charge in [-0.05, 0) is 13.0 Å². The highest BCUT2D eigenvalue weighted by atomic mass is 16.4. The molecule has 0 spiro atoms. The summed E-state index contributed by atoms with van der Waals surface area (Å²) >= 11 is 0. The first-order valence-corrected chi connectivity index (χ1v) is 4.17. The lowest BCUT2D eigenvalue weighted by Crippen LogP contribution is -2.04. The van der Waals surface area contributed by atoms with E-state index in [0.29, 0.717) is 5.57 Å². The van der Waals surface area contributed by atoms with Crippen LogP contribution in [-0.4, -0.2) is 20.6 Å². The molecule has 0 saturated heterocycles. The molecule has 1 atom stereocenters. The lowest BCUT2D eigenvalue weighted by Gasteiger charge is -2.09. The van der Waals surface area contributed by atoms with E-state index >= 15 is 0 Å². The maximum Gasteiger partial charge on any atom is 0.331 e. The highest BCUT2D eigenvalue weighted by Crippen LogP contribution is 2.11. The predicted molar refractivity (Wildman–Crippen MR) is 52.9 cm³/mol. The number of allylic oxidation sites excluding steroid dienone is 2. The molecule has 4 nitrogen and oxygen atoms in total. The largest absolute Gasteiger partial charge is 0.478 e. The molecule has 0 aromatic carbocycles. The predicted octanol–water partition coefficient (Wildman–Crippen LogP) is 1.64. The quantitative estimate of drug-likeness (QED) is 0.582. The van der Waals surface area contributed by atoms with Gasteiger partial charge in [-0.2, -0.15) is 0 Å². The third-order valence-corrected chi connectivity index (χ3v) is 1.87. The van der Waals surface area contributed by atoms with Crippen LogP contribution >= 0.6 is 0 Å². The second-order valence-corrected chi connectivity index (χ2v) is 2.89. The van der Waals surface area contributed by atoms with Crippen molar-refractivity contribution < 1.29 is 9.90 Å². The van der Waals surface area contributed by atoms with E-state index in [-0.39, 0.29) is 6.04 Å². The molecule has 1 unspecified atom stereocenters. The number of hydrogen-bond donors (Lipinski definition) is 1. The van der Waals surface area contributed by atoms with E-state index in [2.05, 4.69) is 11.6 Å². The fourth-order valence-corrected chi connectivity index (χ4v) is 1.05. The summed E-state index contributed by atoms with van der Waals surface area (Å²) < 4.78 is 1.78. The van der Waals surface area contributed by atoms with Gasteiger partial charge in [-0.25, -0.2) is 9.78 Å². The van der Waals surface area contributed by atoms with Crippen LogP contribution in [0.15, 0.2) is 43.0 Å². The molecule has 0 radical (unpaired) electrons. The fraction of sp³-hybridized carbons (Fsp3) is 0.200. The van der Waals surface area contributed by atoms with Gasteiger partial charge in [-0.1, -0.05) is 6.08 Å². The molecule has 0 amide bonds. The third kappa shape index (κ3) is 2.32. The minimum Gasteiger partial charge on any atom is -0.478 e. The SMILES string of the molecule is C=CC(C=C(C)C(=O)O)n1ccnc1. The first kappa shape index (κ1) is 10.2. The first-order valence-electron chi connectivity index (χ1n) is 4.17. The van der Waals surface area contributed by atoms with Crippen molar-refractivity contribution in [3.63, 3.8) is 0 Å². The van der Waals surface area contributed by atoms with Crippen LogP contribution in [-0.2, 0) is 4.79 Å². The molecular formula is C10H12N2O2. The molecule has 0 saturated carbocycles. The van der Waals surface area contributed by atoms with Crippen LogP contribution in [0.1, 0.15) is 13.0 Å². The number of carbonyl (C=O) groups is 1. The lowest BCUT2D eigenvalue weighted by atomic mass is 10.2. The van der Waals surface area contributed by atoms with Gasteiger partial charge in [0.15, 0.2) is 0 Å². The molecule has 0 fully saturated rings. The van der Waals surface area contributed by atoms with E-state index in [0.717, 1.165) is 0 Å². The highest BCUT2D eigenvalue weighted by Gasteiger charge is 2.06. The van der Waals surface area contributed by atoms with Crippen LogP contribution in [0.2, 0.25) is 0 Å². The second-order valence-electron chi connectivity index (χ2n) is 2.89. The second kappa shape index (κ2) is 4.41. The maximum atomic E-state index is 10.6. The van der Waals surface area contributed by atoms with E-state index in [1.807, 2.05) is 0 Å². The zero-order valence-electron chi connectivity index (χ0n) is 7.92. The van der Waals surface area contributed by atoms with Crippen molar-refractivity contribution in [1.82, 2.24) is 9.55 Å². The lowest BCUT2D eigenvalue weighted by molar-refractivity contribution is -0.132. The van der Waals surface area contributed by atoms with Crippen LogP contribution in [0.4, 0.5) is 0 Å². The Morgan fingerprint density at radius 2 is 2.43 bits per heavy atom. The van der Waals surface area contributed by atoms with Crippen molar-refractivity contribution in [3.05, 3.63) is 43.0 Å². The Bertz CT molecular complexity index is 352. The molecule has 74 valence electrons. The molecule has 1 heterocycles. The monoisotopic (exact) mass is 192 g/mol. The Balaban J connectivity index is 2.89. The van der Waals surface area contributed by atoms with Crippen LogP contribution in [0.25, 0.3) is 0 Å².